The van der Waals surface area contributed by atoms with Gasteiger partial charge in [-0.05, 0) is 34.7 Å². The Morgan fingerprint density at radius 1 is 1.07 bits per heavy atom. The van der Waals surface area contributed by atoms with E-state index in [1.54, 1.807) is 6.07 Å². The Morgan fingerprint density at radius 2 is 1.89 bits per heavy atom. The first-order chi connectivity index (χ1) is 13.1. The van der Waals surface area contributed by atoms with E-state index in [4.69, 9.17) is 11.6 Å². The van der Waals surface area contributed by atoms with Gasteiger partial charge in [-0.2, -0.15) is 0 Å². The average Bonchev–Trinajstić information content (AvgIpc) is 3.17. The smallest absolute Gasteiger partial charge is 0.275 e. The molecule has 3 atom stereocenters. The first kappa shape index (κ1) is 16.3. The van der Waals surface area contributed by atoms with Gasteiger partial charge >= 0.3 is 0 Å². The van der Waals surface area contributed by atoms with Crippen molar-refractivity contribution in [3.8, 4) is 0 Å². The molecular weight excluding hydrogens is 360 g/mol. The van der Waals surface area contributed by atoms with Crippen molar-refractivity contribution in [2.75, 3.05) is 5.32 Å². The predicted octanol–water partition coefficient (Wildman–Crippen LogP) is 6.23. The molecule has 0 bridgehead atoms. The largest absolute Gasteiger partial charge is 0.376 e. The van der Waals surface area contributed by atoms with Gasteiger partial charge in [0.25, 0.3) is 5.69 Å². The number of fused-ring (bicyclic) bond motifs is 4. The fourth-order valence-electron chi connectivity index (χ4n) is 4.64. The van der Waals surface area contributed by atoms with Crippen molar-refractivity contribution >= 4 is 33.7 Å². The Labute approximate surface area is 161 Å². The van der Waals surface area contributed by atoms with Gasteiger partial charge in [-0.25, -0.2) is 0 Å². The van der Waals surface area contributed by atoms with Crippen molar-refractivity contribution in [3.63, 3.8) is 0 Å². The second kappa shape index (κ2) is 6.10. The maximum atomic E-state index is 11.6. The zero-order chi connectivity index (χ0) is 18.5. The van der Waals surface area contributed by atoms with E-state index in [1.807, 2.05) is 12.1 Å². The SMILES string of the molecule is O=[N+]([O-])c1ccc(Cl)c2c1[C@@H]1C=CC[C@H]1[C@H](c1cccc3ccccc13)N2. The lowest BCUT2D eigenvalue weighted by atomic mass is 9.75. The van der Waals surface area contributed by atoms with E-state index in [0.29, 0.717) is 16.3 Å². The fraction of sp³-hybridized carbons (Fsp3) is 0.182. The van der Waals surface area contributed by atoms with Crippen LogP contribution < -0.4 is 5.32 Å². The molecule has 3 aromatic rings. The zero-order valence-electron chi connectivity index (χ0n) is 14.4. The van der Waals surface area contributed by atoms with Gasteiger partial charge in [-0.1, -0.05) is 66.2 Å². The summed E-state index contributed by atoms with van der Waals surface area (Å²) in [5.74, 6) is 0.213. The second-order valence-electron chi connectivity index (χ2n) is 7.16. The first-order valence-corrected chi connectivity index (χ1v) is 9.40. The van der Waals surface area contributed by atoms with E-state index in [2.05, 4.69) is 47.8 Å². The highest BCUT2D eigenvalue weighted by Gasteiger charge is 2.42. The first-order valence-electron chi connectivity index (χ1n) is 9.03. The molecule has 0 radical (unpaired) electrons. The summed E-state index contributed by atoms with van der Waals surface area (Å²) >= 11 is 6.47. The second-order valence-corrected chi connectivity index (χ2v) is 7.56. The molecule has 134 valence electrons. The number of nitrogens with one attached hydrogen (secondary N) is 1. The van der Waals surface area contributed by atoms with Crippen LogP contribution in [0.25, 0.3) is 10.8 Å². The highest BCUT2D eigenvalue weighted by atomic mass is 35.5. The Bertz CT molecular complexity index is 1100. The quantitative estimate of drug-likeness (QED) is 0.327. The van der Waals surface area contributed by atoms with E-state index in [0.717, 1.165) is 6.42 Å². The Kier molecular flexibility index (Phi) is 3.69. The van der Waals surface area contributed by atoms with Crippen LogP contribution in [0.3, 0.4) is 0 Å². The van der Waals surface area contributed by atoms with Crippen molar-refractivity contribution in [2.24, 2.45) is 5.92 Å². The highest BCUT2D eigenvalue weighted by Crippen LogP contribution is 2.54. The van der Waals surface area contributed by atoms with Crippen LogP contribution in [-0.4, -0.2) is 4.92 Å². The molecular formula is C22H17ClN2O2. The third-order valence-corrected chi connectivity index (χ3v) is 6.12. The molecule has 0 saturated carbocycles. The van der Waals surface area contributed by atoms with E-state index >= 15 is 0 Å². The average molecular weight is 377 g/mol. The fourth-order valence-corrected chi connectivity index (χ4v) is 4.86. The highest BCUT2D eigenvalue weighted by molar-refractivity contribution is 6.33. The van der Waals surface area contributed by atoms with Crippen LogP contribution in [0.1, 0.15) is 29.5 Å². The molecule has 27 heavy (non-hydrogen) atoms. The maximum Gasteiger partial charge on any atom is 0.275 e. The number of hydrogen-bond donors (Lipinski definition) is 1. The molecule has 1 aliphatic carbocycles. The van der Waals surface area contributed by atoms with Crippen LogP contribution in [0, 0.1) is 16.0 Å². The molecule has 5 rings (SSSR count). The van der Waals surface area contributed by atoms with Gasteiger partial charge < -0.3 is 5.32 Å². The zero-order valence-corrected chi connectivity index (χ0v) is 15.2. The van der Waals surface area contributed by atoms with Crippen LogP contribution in [0.4, 0.5) is 11.4 Å². The molecule has 2 aliphatic rings. The van der Waals surface area contributed by atoms with Gasteiger partial charge in [0.05, 0.1) is 27.2 Å². The minimum Gasteiger partial charge on any atom is -0.376 e. The molecule has 5 heteroatoms. The minimum atomic E-state index is -0.307. The van der Waals surface area contributed by atoms with Crippen molar-refractivity contribution in [1.29, 1.82) is 0 Å². The molecule has 1 N–H and O–H groups in total. The summed E-state index contributed by atoms with van der Waals surface area (Å²) in [6.07, 6.45) is 5.12. The topological polar surface area (TPSA) is 55.2 Å². The number of benzene rings is 3. The number of anilines is 1. The van der Waals surface area contributed by atoms with Gasteiger partial charge in [0.15, 0.2) is 0 Å². The molecule has 0 spiro atoms. The van der Waals surface area contributed by atoms with Gasteiger partial charge in [-0.15, -0.1) is 0 Å². The van der Waals surface area contributed by atoms with Crippen LogP contribution in [0.2, 0.25) is 5.02 Å². The van der Waals surface area contributed by atoms with Gasteiger partial charge in [0, 0.05) is 12.0 Å². The van der Waals surface area contributed by atoms with Crippen LogP contribution in [-0.2, 0) is 0 Å². The molecule has 4 nitrogen and oxygen atoms in total. The number of rotatable bonds is 2. The lowest BCUT2D eigenvalue weighted by Gasteiger charge is -2.38. The van der Waals surface area contributed by atoms with E-state index in [-0.39, 0.29) is 28.5 Å². The van der Waals surface area contributed by atoms with Gasteiger partial charge in [-0.3, -0.25) is 10.1 Å². The van der Waals surface area contributed by atoms with Crippen LogP contribution in [0.5, 0.6) is 0 Å². The molecule has 0 fully saturated rings. The minimum absolute atomic E-state index is 0.00989. The number of hydrogen-bond acceptors (Lipinski definition) is 3. The standard InChI is InChI=1S/C22H17ClN2O2/c23-18-11-12-19(25(26)27)20-15-8-4-10-17(15)21(24-22(18)20)16-9-3-6-13-5-1-2-7-14(13)16/h1-9,11-12,15,17,21,24H,10H2/t15-,17-,21+/m1/s1. The van der Waals surface area contributed by atoms with E-state index < -0.39 is 0 Å². The Balaban J connectivity index is 1.72. The van der Waals surface area contributed by atoms with Crippen molar-refractivity contribution in [3.05, 3.63) is 93.0 Å². The molecule has 0 saturated heterocycles. The van der Waals surface area contributed by atoms with Gasteiger partial charge in [0.2, 0.25) is 0 Å². The summed E-state index contributed by atoms with van der Waals surface area (Å²) in [6, 6.07) is 17.8. The number of nitro groups is 1. The number of nitro benzene ring substituents is 1. The Hall–Kier alpha value is -2.85. The molecule has 0 amide bonds. The summed E-state index contributed by atoms with van der Waals surface area (Å²) in [4.78, 5) is 11.3. The van der Waals surface area contributed by atoms with Gasteiger partial charge in [0.1, 0.15) is 0 Å². The van der Waals surface area contributed by atoms with E-state index in [9.17, 15) is 10.1 Å². The summed E-state index contributed by atoms with van der Waals surface area (Å²) < 4.78 is 0. The lowest BCUT2D eigenvalue weighted by Crippen LogP contribution is -2.30. The normalized spacial score (nSPS) is 22.9. The summed E-state index contributed by atoms with van der Waals surface area (Å²) in [7, 11) is 0. The summed E-state index contributed by atoms with van der Waals surface area (Å²) in [5.41, 5.74) is 2.75. The number of allylic oxidation sites excluding steroid dienone is 2. The molecule has 0 aromatic heterocycles. The van der Waals surface area contributed by atoms with E-state index in [1.165, 1.54) is 22.4 Å². The third kappa shape index (κ3) is 2.44. The summed E-state index contributed by atoms with van der Waals surface area (Å²) in [5, 5.41) is 18.1. The molecule has 3 aromatic carbocycles. The van der Waals surface area contributed by atoms with Crippen molar-refractivity contribution in [2.45, 2.75) is 18.4 Å². The van der Waals surface area contributed by atoms with Crippen LogP contribution in [0.15, 0.2) is 66.7 Å². The predicted molar refractivity (Wildman–Crippen MR) is 108 cm³/mol. The molecule has 0 unspecified atom stereocenters. The molecule has 1 aliphatic heterocycles. The summed E-state index contributed by atoms with van der Waals surface area (Å²) in [6.45, 7) is 0. The molecule has 1 heterocycles. The monoisotopic (exact) mass is 376 g/mol. The lowest BCUT2D eigenvalue weighted by molar-refractivity contribution is -0.385. The number of nitrogens with zero attached hydrogens (tertiary/aromatic N) is 1. The van der Waals surface area contributed by atoms with Crippen molar-refractivity contribution < 1.29 is 4.92 Å². The Morgan fingerprint density at radius 3 is 2.74 bits per heavy atom. The third-order valence-electron chi connectivity index (χ3n) is 5.80. The maximum absolute atomic E-state index is 11.6. The van der Waals surface area contributed by atoms with Crippen molar-refractivity contribution in [1.82, 2.24) is 0 Å². The van der Waals surface area contributed by atoms with Crippen LogP contribution >= 0.6 is 11.6 Å². The number of halogens is 1.